The molecule has 0 saturated heterocycles. The maximum atomic E-state index is 12.4. The van der Waals surface area contributed by atoms with Gasteiger partial charge < -0.3 is 20.7 Å². The number of urea groups is 1. The second-order valence-electron chi connectivity index (χ2n) is 6.25. The van der Waals surface area contributed by atoms with Gasteiger partial charge in [-0.05, 0) is 0 Å². The van der Waals surface area contributed by atoms with E-state index in [0.29, 0.717) is 29.1 Å². The Balaban J connectivity index is 2.28. The molecule has 2 rings (SSSR count). The van der Waals surface area contributed by atoms with Crippen molar-refractivity contribution in [3.05, 3.63) is 18.0 Å². The number of aliphatic hydroxyl groups is 1. The molecule has 0 unspecified atom stereocenters. The van der Waals surface area contributed by atoms with Crippen molar-refractivity contribution in [2.45, 2.75) is 13.8 Å². The van der Waals surface area contributed by atoms with Gasteiger partial charge in [-0.25, -0.2) is 14.8 Å². The van der Waals surface area contributed by atoms with Gasteiger partial charge in [0.25, 0.3) is 5.91 Å². The molecule has 0 bridgehead atoms. The minimum absolute atomic E-state index is 0.0396. The van der Waals surface area contributed by atoms with Gasteiger partial charge in [-0.3, -0.25) is 9.69 Å². The number of hydrogen-bond donors (Lipinski definition) is 4. The summed E-state index contributed by atoms with van der Waals surface area (Å²) in [5.41, 5.74) is 0.745. The molecule has 0 aromatic carbocycles. The summed E-state index contributed by atoms with van der Waals surface area (Å²) in [6.07, 6.45) is 2.97. The molecule has 0 aliphatic carbocycles. The van der Waals surface area contributed by atoms with Crippen LogP contribution in [0, 0.1) is 5.41 Å². The third-order valence-electron chi connectivity index (χ3n) is 3.63. The maximum Gasteiger partial charge on any atom is 0.322 e. The van der Waals surface area contributed by atoms with Crippen LogP contribution in [0.2, 0.25) is 0 Å². The van der Waals surface area contributed by atoms with E-state index in [9.17, 15) is 14.7 Å². The van der Waals surface area contributed by atoms with Crippen LogP contribution in [0.1, 0.15) is 24.2 Å². The molecule has 2 aromatic rings. The minimum Gasteiger partial charge on any atom is -0.396 e. The van der Waals surface area contributed by atoms with Crippen LogP contribution >= 0.6 is 0 Å². The molecule has 130 valence electrons. The Kier molecular flexibility index (Phi) is 5.03. The molecule has 4 N–H and O–H groups in total. The predicted molar refractivity (Wildman–Crippen MR) is 89.9 cm³/mol. The summed E-state index contributed by atoms with van der Waals surface area (Å²) in [7, 11) is 3.08. The van der Waals surface area contributed by atoms with Crippen molar-refractivity contribution in [1.29, 1.82) is 0 Å². The fourth-order valence-electron chi connectivity index (χ4n) is 1.96. The quantitative estimate of drug-likeness (QED) is 0.633. The zero-order chi connectivity index (χ0) is 17.9. The van der Waals surface area contributed by atoms with Gasteiger partial charge in [0.1, 0.15) is 5.52 Å². The fourth-order valence-corrected chi connectivity index (χ4v) is 1.96. The van der Waals surface area contributed by atoms with E-state index in [1.807, 2.05) is 13.8 Å². The predicted octanol–water partition coefficient (Wildman–Crippen LogP) is 0.482. The van der Waals surface area contributed by atoms with Crippen LogP contribution in [0.25, 0.3) is 11.2 Å². The molecule has 3 amide bonds. The molecule has 0 fully saturated rings. The van der Waals surface area contributed by atoms with Crippen molar-refractivity contribution < 1.29 is 14.7 Å². The Hall–Kier alpha value is -2.68. The number of amides is 3. The number of H-pyrrole nitrogens is 1. The molecule has 24 heavy (non-hydrogen) atoms. The van der Waals surface area contributed by atoms with Gasteiger partial charge in [0.05, 0.1) is 11.8 Å². The summed E-state index contributed by atoms with van der Waals surface area (Å²) in [4.78, 5) is 36.8. The van der Waals surface area contributed by atoms with Crippen LogP contribution in [-0.4, -0.2) is 59.2 Å². The van der Waals surface area contributed by atoms with Gasteiger partial charge in [0, 0.05) is 38.9 Å². The molecule has 9 heteroatoms. The lowest BCUT2D eigenvalue weighted by Crippen LogP contribution is -2.36. The average molecular weight is 334 g/mol. The van der Waals surface area contributed by atoms with Crippen LogP contribution < -0.4 is 15.5 Å². The van der Waals surface area contributed by atoms with Crippen LogP contribution in [-0.2, 0) is 0 Å². The summed E-state index contributed by atoms with van der Waals surface area (Å²) >= 11 is 0. The van der Waals surface area contributed by atoms with Gasteiger partial charge >= 0.3 is 6.03 Å². The molecule has 0 spiro atoms. The van der Waals surface area contributed by atoms with E-state index in [-0.39, 0.29) is 18.5 Å². The maximum absolute atomic E-state index is 12.4. The minimum atomic E-state index is -0.419. The highest BCUT2D eigenvalue weighted by atomic mass is 16.3. The van der Waals surface area contributed by atoms with E-state index in [1.165, 1.54) is 24.3 Å². The Morgan fingerprint density at radius 3 is 2.75 bits per heavy atom. The molecular weight excluding hydrogens is 312 g/mol. The van der Waals surface area contributed by atoms with Crippen LogP contribution in [0.3, 0.4) is 0 Å². The number of nitrogens with zero attached hydrogens (tertiary/aromatic N) is 3. The molecule has 0 atom stereocenters. The van der Waals surface area contributed by atoms with Crippen molar-refractivity contribution in [1.82, 2.24) is 25.6 Å². The topological polar surface area (TPSA) is 123 Å². The first-order valence-electron chi connectivity index (χ1n) is 7.47. The number of carbonyl (C=O) groups excluding carboxylic acids is 2. The van der Waals surface area contributed by atoms with Gasteiger partial charge in [0.2, 0.25) is 0 Å². The highest BCUT2D eigenvalue weighted by Crippen LogP contribution is 2.19. The fraction of sp³-hybridized carbons (Fsp3) is 0.467. The molecule has 2 heterocycles. The molecule has 0 radical (unpaired) electrons. The third kappa shape index (κ3) is 3.62. The van der Waals surface area contributed by atoms with E-state index in [2.05, 4.69) is 25.6 Å². The van der Waals surface area contributed by atoms with Gasteiger partial charge in [-0.15, -0.1) is 0 Å². The number of aromatic nitrogens is 3. The van der Waals surface area contributed by atoms with Gasteiger partial charge in [-0.2, -0.15) is 0 Å². The number of rotatable bonds is 5. The lowest BCUT2D eigenvalue weighted by Gasteiger charge is -2.21. The SMILES string of the molecule is CNC(=O)N(C)c1cnc2[nH]cc(C(=O)NCC(C)(C)CO)c2n1. The number of hydrogen-bond acceptors (Lipinski definition) is 5. The number of anilines is 1. The average Bonchev–Trinajstić information content (AvgIpc) is 3.01. The van der Waals surface area contributed by atoms with Gasteiger partial charge in [-0.1, -0.05) is 13.8 Å². The highest BCUT2D eigenvalue weighted by Gasteiger charge is 2.21. The van der Waals surface area contributed by atoms with Crippen molar-refractivity contribution in [2.24, 2.45) is 5.41 Å². The normalized spacial score (nSPS) is 11.4. The smallest absolute Gasteiger partial charge is 0.322 e. The molecule has 0 aliphatic heterocycles. The zero-order valence-corrected chi connectivity index (χ0v) is 14.2. The number of fused-ring (bicyclic) bond motifs is 1. The summed E-state index contributed by atoms with van der Waals surface area (Å²) in [6, 6.07) is -0.338. The van der Waals surface area contributed by atoms with Crippen molar-refractivity contribution in [2.75, 3.05) is 32.1 Å². The summed E-state index contributed by atoms with van der Waals surface area (Å²) in [5.74, 6) is 0.00279. The van der Waals surface area contributed by atoms with E-state index in [1.54, 1.807) is 7.05 Å². The molecular formula is C15H22N6O3. The van der Waals surface area contributed by atoms with Crippen molar-refractivity contribution in [3.8, 4) is 0 Å². The zero-order valence-electron chi connectivity index (χ0n) is 14.2. The number of aromatic amines is 1. The van der Waals surface area contributed by atoms with Crippen LogP contribution in [0.15, 0.2) is 12.4 Å². The first kappa shape index (κ1) is 17.7. The monoisotopic (exact) mass is 334 g/mol. The van der Waals surface area contributed by atoms with E-state index in [0.717, 1.165) is 0 Å². The standard InChI is InChI=1S/C15H22N6O3/c1-15(2,8-22)7-19-13(23)9-5-17-12-11(9)20-10(6-18-12)21(4)14(24)16-3/h5-6,22H,7-8H2,1-4H3,(H,16,24)(H,17,18)(H,19,23). The van der Waals surface area contributed by atoms with Crippen molar-refractivity contribution in [3.63, 3.8) is 0 Å². The molecule has 0 aliphatic rings. The highest BCUT2D eigenvalue weighted by molar-refractivity contribution is 6.05. The van der Waals surface area contributed by atoms with Crippen LogP contribution in [0.5, 0.6) is 0 Å². The van der Waals surface area contributed by atoms with E-state index >= 15 is 0 Å². The molecule has 0 saturated carbocycles. The largest absolute Gasteiger partial charge is 0.396 e. The Morgan fingerprint density at radius 1 is 1.42 bits per heavy atom. The molecule has 2 aromatic heterocycles. The summed E-state index contributed by atoms with van der Waals surface area (Å²) < 4.78 is 0. The first-order valence-corrected chi connectivity index (χ1v) is 7.47. The van der Waals surface area contributed by atoms with Crippen molar-refractivity contribution >= 4 is 28.9 Å². The Morgan fingerprint density at radius 2 is 2.12 bits per heavy atom. The molecule has 9 nitrogen and oxygen atoms in total. The lowest BCUT2D eigenvalue weighted by atomic mass is 9.95. The number of carbonyl (C=O) groups is 2. The number of aliphatic hydroxyl groups excluding tert-OH is 1. The van der Waals surface area contributed by atoms with E-state index < -0.39 is 5.41 Å². The third-order valence-corrected chi connectivity index (χ3v) is 3.63. The summed E-state index contributed by atoms with van der Waals surface area (Å²) in [6.45, 7) is 3.97. The van der Waals surface area contributed by atoms with Gasteiger partial charge in [0.15, 0.2) is 11.5 Å². The first-order chi connectivity index (χ1) is 11.3. The second-order valence-corrected chi connectivity index (χ2v) is 6.25. The Bertz CT molecular complexity index is 755. The Labute approximate surface area is 139 Å². The summed E-state index contributed by atoms with van der Waals surface area (Å²) in [5, 5.41) is 14.5. The second kappa shape index (κ2) is 6.83. The number of nitrogens with one attached hydrogen (secondary N) is 3. The lowest BCUT2D eigenvalue weighted by molar-refractivity contribution is 0.0912. The van der Waals surface area contributed by atoms with E-state index in [4.69, 9.17) is 0 Å². The van der Waals surface area contributed by atoms with Crippen LogP contribution in [0.4, 0.5) is 10.6 Å².